The van der Waals surface area contributed by atoms with Crippen molar-refractivity contribution in [3.63, 3.8) is 0 Å². The lowest BCUT2D eigenvalue weighted by Gasteiger charge is -2.36. The number of furan rings is 4. The van der Waals surface area contributed by atoms with Crippen LogP contribution in [-0.2, 0) is 14.1 Å². The molecule has 0 spiro atoms. The minimum absolute atomic E-state index is 0.00951. The molecule has 107 heavy (non-hydrogen) atoms. The Hall–Kier alpha value is -13.3. The summed E-state index contributed by atoms with van der Waals surface area (Å²) < 4.78 is 32.7. The van der Waals surface area contributed by atoms with Crippen molar-refractivity contribution in [2.24, 2.45) is 14.1 Å². The monoisotopic (exact) mass is 1410 g/mol. The van der Waals surface area contributed by atoms with Crippen molar-refractivity contribution in [3.05, 3.63) is 268 Å². The molecule has 0 unspecified atom stereocenters. The number of para-hydroxylation sites is 3. The van der Waals surface area contributed by atoms with Gasteiger partial charge in [0.1, 0.15) is 39.1 Å². The van der Waals surface area contributed by atoms with Crippen LogP contribution >= 0.6 is 0 Å². The Morgan fingerprint density at radius 3 is 1.36 bits per heavy atom. The summed E-state index contributed by atoms with van der Waals surface area (Å²) in [7, 11) is 12.5. The molecule has 6 aliphatic rings. The van der Waals surface area contributed by atoms with Crippen molar-refractivity contribution in [1.29, 1.82) is 0 Å². The van der Waals surface area contributed by atoms with E-state index < -0.39 is 0 Å². The van der Waals surface area contributed by atoms with Crippen LogP contribution in [0.4, 0.5) is 34.5 Å². The number of benzene rings is 3. The molecule has 0 amide bonds. The molecule has 27 heteroatoms. The first-order valence-corrected chi connectivity index (χ1v) is 35.7. The zero-order chi connectivity index (χ0) is 72.7. The van der Waals surface area contributed by atoms with Crippen molar-refractivity contribution in [3.8, 4) is 5.69 Å². The maximum atomic E-state index is 6.08. The molecule has 3 aromatic carbocycles. The van der Waals surface area contributed by atoms with Gasteiger partial charge in [0, 0.05) is 135 Å². The predicted octanol–water partition coefficient (Wildman–Crippen LogP) is 4.98. The van der Waals surface area contributed by atoms with Crippen molar-refractivity contribution < 1.29 is 26.8 Å². The van der Waals surface area contributed by atoms with Gasteiger partial charge in [-0.3, -0.25) is 0 Å². The lowest BCUT2D eigenvalue weighted by atomic mass is 9.56. The number of rotatable bonds is 7. The highest BCUT2D eigenvalue weighted by Crippen LogP contribution is 2.44. The largest absolute Gasteiger partial charge is 0.672 e. The van der Waals surface area contributed by atoms with Crippen molar-refractivity contribution in [2.75, 3.05) is 47.6 Å². The molecule has 2 atom stereocenters. The molecule has 0 radical (unpaired) electrons. The van der Waals surface area contributed by atoms with Crippen LogP contribution in [0.2, 0.25) is 0 Å². The molecular weight excluding hydrogens is 1330 g/mol. The normalized spacial score (nSPS) is 15.9. The lowest BCUT2D eigenvalue weighted by Crippen LogP contribution is -2.64. The molecule has 23 nitrogen and oxygen atoms in total. The zero-order valence-electron chi connectivity index (χ0n) is 60.5. The molecule has 522 valence electrons. The summed E-state index contributed by atoms with van der Waals surface area (Å²) in [5.74, 6) is 12.5. The smallest absolute Gasteiger partial charge is 0.439 e. The van der Waals surface area contributed by atoms with E-state index in [1.807, 2.05) is 98.3 Å². The molecular formula is C80H73B4N19O4+2. The number of nitrogens with zero attached hydrogens (tertiary/aromatic N) is 19. The third-order valence-electron chi connectivity index (χ3n) is 21.0. The number of aryl methyl sites for hydroxylation is 1. The topological polar surface area (TPSA) is 186 Å². The fourth-order valence-corrected chi connectivity index (χ4v) is 15.6. The predicted molar refractivity (Wildman–Crippen MR) is 422 cm³/mol. The fourth-order valence-electron chi connectivity index (χ4n) is 15.6. The summed E-state index contributed by atoms with van der Waals surface area (Å²) in [6.07, 6.45) is 27.3. The summed E-state index contributed by atoms with van der Waals surface area (Å²) in [5, 5.41) is 8.50. The van der Waals surface area contributed by atoms with Gasteiger partial charge < -0.3 is 56.3 Å². The van der Waals surface area contributed by atoms with Crippen molar-refractivity contribution >= 4 is 161 Å². The van der Waals surface area contributed by atoms with Crippen LogP contribution in [0.25, 0.3) is 98.8 Å². The van der Waals surface area contributed by atoms with Gasteiger partial charge in [-0.05, 0) is 163 Å². The standard InChI is InChI=1S/C23H20BN5O.C22H19BN6O.C21H20BN4O.C14H14BN4O/c1-16-28(17-8-4-3-5-9-17)22-20(11-7-12-25-22)29(16)24-14-21-19(15-27(24)2)18-10-6-13-26-23(18)30-21;1-15-28(16-7-4-3-5-8-16)20-21(25-12-11-24-20)29(15)23-13-19-18(14-27(23)2)17-9-6-10-26-22(17)30-19;1-15-25(3)20(14-26(15)16-8-5-4-6-9-16)22-12-19-18(13-24(22)2)17-10-7-11-23-21(17)27-19;1-17-10-12-11-5-3-6-16-14(11)20-13(12)9-15(17)19-8-4-7-18(19)2/h3-16H,1-2H3;3-15H,1-2H3;4-14H,1-3H3;3-10H,1-2H3/q;;2*+1/t16-;15-;;/m00../s1. The number of hydrogen-bond acceptors (Lipinski definition) is 19. The Kier molecular flexibility index (Phi) is 16.4. The Labute approximate surface area is 616 Å². The van der Waals surface area contributed by atoms with Crippen LogP contribution < -0.4 is 76.7 Å². The summed E-state index contributed by atoms with van der Waals surface area (Å²) in [6, 6.07) is 53.3. The number of pyridine rings is 5. The SMILES string of the molecule is CN1C=c2c(oc3ncccc23)=CB1[n+]1cccn1C.C[C@@H]1N(B2C=c3oc4ncccc4c3=CN2C)c2cccnc2N1c1ccccc1.C[C@@H]1N(B2C=c3oc4ncccc4c3=CN2C)c2nccnc2N1c1ccccc1.Cc1n(C)c(B2C=c3oc4ncccc4c3=CN2C)c[n+]1-c1ccccc1. The second-order valence-electron chi connectivity index (χ2n) is 27.3. The van der Waals surface area contributed by atoms with Gasteiger partial charge in [-0.1, -0.05) is 54.6 Å². The van der Waals surface area contributed by atoms with E-state index in [0.29, 0.717) is 22.9 Å². The highest BCUT2D eigenvalue weighted by molar-refractivity contribution is 6.83. The quantitative estimate of drug-likeness (QED) is 0.154. The molecule has 0 aliphatic carbocycles. The molecule has 12 aromatic heterocycles. The third kappa shape index (κ3) is 11.4. The lowest BCUT2D eigenvalue weighted by molar-refractivity contribution is -0.632. The van der Waals surface area contributed by atoms with Crippen LogP contribution in [0.1, 0.15) is 19.7 Å². The Morgan fingerprint density at radius 2 is 0.832 bits per heavy atom. The Morgan fingerprint density at radius 1 is 0.402 bits per heavy atom. The van der Waals surface area contributed by atoms with Gasteiger partial charge in [-0.25, -0.2) is 44.0 Å². The molecule has 0 saturated carbocycles. The summed E-state index contributed by atoms with van der Waals surface area (Å²) >= 11 is 0. The van der Waals surface area contributed by atoms with Gasteiger partial charge in [0.15, 0.2) is 23.7 Å². The first-order chi connectivity index (χ1) is 52.3. The van der Waals surface area contributed by atoms with E-state index >= 15 is 0 Å². The van der Waals surface area contributed by atoms with Crippen molar-refractivity contribution in [2.45, 2.75) is 33.1 Å². The average molecular weight is 1410 g/mol. The zero-order valence-corrected chi connectivity index (χ0v) is 60.5. The van der Waals surface area contributed by atoms with Gasteiger partial charge in [-0.2, -0.15) is 9.27 Å². The highest BCUT2D eigenvalue weighted by atomic mass is 16.3. The molecule has 18 heterocycles. The van der Waals surface area contributed by atoms with E-state index in [0.717, 1.165) is 104 Å². The second-order valence-corrected chi connectivity index (χ2v) is 27.3. The molecule has 21 rings (SSSR count). The van der Waals surface area contributed by atoms with E-state index in [9.17, 15) is 0 Å². The second kappa shape index (κ2) is 26.7. The van der Waals surface area contributed by atoms with Gasteiger partial charge in [0.05, 0.1) is 38.3 Å². The number of anilines is 6. The Balaban J connectivity index is 0.000000102. The Bertz CT molecular complexity index is 6260. The molecule has 0 fully saturated rings. The third-order valence-corrected chi connectivity index (χ3v) is 21.0. The fraction of sp³-hybridized carbons (Fsp3) is 0.138. The summed E-state index contributed by atoms with van der Waals surface area (Å²) in [5.41, 5.74) is 11.9. The van der Waals surface area contributed by atoms with Crippen LogP contribution in [0.3, 0.4) is 0 Å². The van der Waals surface area contributed by atoms with Crippen LogP contribution in [0, 0.1) is 6.92 Å². The number of hydrogen-bond donors (Lipinski definition) is 0. The van der Waals surface area contributed by atoms with E-state index in [1.165, 1.54) is 11.4 Å². The number of imidazole rings is 1. The van der Waals surface area contributed by atoms with Gasteiger partial charge in [0.25, 0.3) is 5.82 Å². The van der Waals surface area contributed by atoms with E-state index in [2.05, 4.69) is 278 Å². The summed E-state index contributed by atoms with van der Waals surface area (Å²) in [4.78, 5) is 49.4. The van der Waals surface area contributed by atoms with E-state index in [4.69, 9.17) is 27.6 Å². The average Bonchev–Trinajstić information content (AvgIpc) is 1.59. The number of fused-ring (bicyclic) bond motifs is 14. The minimum atomic E-state index is -0.0720. The van der Waals surface area contributed by atoms with E-state index in [-0.39, 0.29) is 40.1 Å². The van der Waals surface area contributed by atoms with Gasteiger partial charge >= 0.3 is 27.8 Å². The van der Waals surface area contributed by atoms with Crippen LogP contribution in [0.5, 0.6) is 0 Å². The molecule has 15 aromatic rings. The van der Waals surface area contributed by atoms with Crippen LogP contribution in [0.15, 0.2) is 237 Å². The maximum absolute atomic E-state index is 6.08. The molecule has 0 saturated heterocycles. The van der Waals surface area contributed by atoms with Crippen LogP contribution in [-0.4, -0.2) is 132 Å². The first-order valence-electron chi connectivity index (χ1n) is 35.7. The maximum Gasteiger partial charge on any atom is 0.672 e. The van der Waals surface area contributed by atoms with E-state index in [1.54, 1.807) is 37.2 Å². The number of aromatic nitrogens is 11. The van der Waals surface area contributed by atoms with Gasteiger partial charge in [0.2, 0.25) is 22.9 Å². The van der Waals surface area contributed by atoms with Gasteiger partial charge in [-0.15, -0.1) is 0 Å². The highest BCUT2D eigenvalue weighted by Gasteiger charge is 2.45. The minimum Gasteiger partial charge on any atom is -0.439 e. The van der Waals surface area contributed by atoms with Crippen molar-refractivity contribution in [1.82, 2.24) is 63.4 Å². The first kappa shape index (κ1) is 65.7. The molecule has 6 aliphatic heterocycles. The molecule has 0 N–H and O–H groups in total. The molecule has 0 bridgehead atoms. The summed E-state index contributed by atoms with van der Waals surface area (Å²) in [6.45, 7) is 6.64.